The number of thioether (sulfide) groups is 1. The van der Waals surface area contributed by atoms with Crippen LogP contribution in [0.25, 0.3) is 15.3 Å². The lowest BCUT2D eigenvalue weighted by molar-refractivity contribution is -0.113. The summed E-state index contributed by atoms with van der Waals surface area (Å²) in [5.41, 5.74) is 4.68. The van der Waals surface area contributed by atoms with Gasteiger partial charge in [0.2, 0.25) is 11.0 Å². The van der Waals surface area contributed by atoms with Crippen molar-refractivity contribution >= 4 is 45.0 Å². The molecule has 180 valence electrons. The Bertz CT molecular complexity index is 1530. The summed E-state index contributed by atoms with van der Waals surface area (Å²) in [5, 5.41) is 8.49. The second-order valence-electron chi connectivity index (χ2n) is 8.45. The quantitative estimate of drug-likeness (QED) is 0.298. The van der Waals surface area contributed by atoms with E-state index in [-0.39, 0.29) is 17.0 Å². The number of aryl methyl sites for hydroxylation is 1. The zero-order valence-electron chi connectivity index (χ0n) is 19.3. The number of halogens is 1. The minimum atomic E-state index is -0.266. The lowest BCUT2D eigenvalue weighted by Gasteiger charge is -2.16. The molecule has 9 heteroatoms. The molecule has 3 aromatic carbocycles. The highest BCUT2D eigenvalue weighted by Gasteiger charge is 2.31. The Balaban J connectivity index is 1.31. The molecule has 0 unspecified atom stereocenters. The van der Waals surface area contributed by atoms with E-state index in [1.807, 2.05) is 55.5 Å². The second kappa shape index (κ2) is 9.40. The molecule has 2 aromatic heterocycles. The minimum absolute atomic E-state index is 0.0646. The van der Waals surface area contributed by atoms with Crippen molar-refractivity contribution in [3.8, 4) is 10.9 Å². The Morgan fingerprint density at radius 1 is 1.08 bits per heavy atom. The summed E-state index contributed by atoms with van der Waals surface area (Å²) >= 11 is 3.12. The number of benzene rings is 3. The number of anilines is 1. The molecule has 1 aliphatic heterocycles. The van der Waals surface area contributed by atoms with Crippen LogP contribution in [0.2, 0.25) is 0 Å². The number of nitrogens with zero attached hydrogens (tertiary/aromatic N) is 3. The van der Waals surface area contributed by atoms with Gasteiger partial charge in [0.15, 0.2) is 0 Å². The molecule has 0 saturated heterocycles. The summed E-state index contributed by atoms with van der Waals surface area (Å²) in [4.78, 5) is 17.4. The molecule has 1 amide bonds. The van der Waals surface area contributed by atoms with Crippen molar-refractivity contribution in [3.05, 3.63) is 101 Å². The molecular weight excluding hydrogens is 495 g/mol. The molecule has 0 bridgehead atoms. The fraction of sp³-hybridized carbons (Fsp3) is 0.148. The van der Waals surface area contributed by atoms with E-state index >= 15 is 0 Å². The van der Waals surface area contributed by atoms with E-state index in [2.05, 4.69) is 5.32 Å². The van der Waals surface area contributed by atoms with E-state index in [1.165, 1.54) is 12.1 Å². The van der Waals surface area contributed by atoms with Gasteiger partial charge in [0, 0.05) is 5.56 Å². The van der Waals surface area contributed by atoms with E-state index in [0.29, 0.717) is 18.2 Å². The summed E-state index contributed by atoms with van der Waals surface area (Å²) < 4.78 is 21.8. The SMILES string of the molecule is Cc1nn(-c2nc3ccccc3s2)c2c1[C@H](c1ccc(OCc3ccc(F)cc3)cc1)SCC(=O)N2. The highest BCUT2D eigenvalue weighted by molar-refractivity contribution is 8.00. The van der Waals surface area contributed by atoms with Gasteiger partial charge in [-0.25, -0.2) is 9.37 Å². The van der Waals surface area contributed by atoms with Crippen LogP contribution in [0.3, 0.4) is 0 Å². The van der Waals surface area contributed by atoms with Crippen LogP contribution in [-0.2, 0) is 11.4 Å². The fourth-order valence-electron chi connectivity index (χ4n) is 4.22. The van der Waals surface area contributed by atoms with Gasteiger partial charge in [0.05, 0.1) is 26.9 Å². The van der Waals surface area contributed by atoms with Crippen molar-refractivity contribution in [2.75, 3.05) is 11.1 Å². The molecule has 0 spiro atoms. The maximum absolute atomic E-state index is 13.1. The van der Waals surface area contributed by atoms with Crippen molar-refractivity contribution in [1.29, 1.82) is 0 Å². The number of aromatic nitrogens is 3. The first-order valence-corrected chi connectivity index (χ1v) is 13.3. The van der Waals surface area contributed by atoms with Gasteiger partial charge in [-0.05, 0) is 54.4 Å². The third kappa shape index (κ3) is 4.36. The lowest BCUT2D eigenvalue weighted by atomic mass is 10.0. The van der Waals surface area contributed by atoms with Crippen LogP contribution in [0.5, 0.6) is 5.75 Å². The van der Waals surface area contributed by atoms with Crippen molar-refractivity contribution in [1.82, 2.24) is 14.8 Å². The Morgan fingerprint density at radius 2 is 1.86 bits per heavy atom. The van der Waals surface area contributed by atoms with E-state index < -0.39 is 0 Å². The van der Waals surface area contributed by atoms with E-state index in [4.69, 9.17) is 14.8 Å². The molecule has 36 heavy (non-hydrogen) atoms. The molecule has 3 heterocycles. The number of hydrogen-bond donors (Lipinski definition) is 1. The number of amides is 1. The summed E-state index contributed by atoms with van der Waals surface area (Å²) in [6.45, 7) is 2.32. The number of ether oxygens (including phenoxy) is 1. The highest BCUT2D eigenvalue weighted by atomic mass is 32.2. The fourth-order valence-corrected chi connectivity index (χ4v) is 6.33. The third-order valence-electron chi connectivity index (χ3n) is 5.97. The van der Waals surface area contributed by atoms with Crippen molar-refractivity contribution in [2.45, 2.75) is 18.8 Å². The minimum Gasteiger partial charge on any atom is -0.489 e. The Kier molecular flexibility index (Phi) is 5.94. The first-order valence-electron chi connectivity index (χ1n) is 11.4. The summed E-state index contributed by atoms with van der Waals surface area (Å²) in [6.07, 6.45) is 0. The second-order valence-corrected chi connectivity index (χ2v) is 10.5. The van der Waals surface area contributed by atoms with Crippen molar-refractivity contribution in [2.24, 2.45) is 0 Å². The van der Waals surface area contributed by atoms with E-state index in [9.17, 15) is 9.18 Å². The predicted octanol–water partition coefficient (Wildman–Crippen LogP) is 6.28. The maximum Gasteiger partial charge on any atom is 0.235 e. The summed E-state index contributed by atoms with van der Waals surface area (Å²) in [7, 11) is 0. The van der Waals surface area contributed by atoms with Gasteiger partial charge >= 0.3 is 0 Å². The van der Waals surface area contributed by atoms with Crippen LogP contribution in [0, 0.1) is 12.7 Å². The van der Waals surface area contributed by atoms with Gasteiger partial charge in [0.25, 0.3) is 0 Å². The van der Waals surface area contributed by atoms with Crippen LogP contribution in [-0.4, -0.2) is 26.4 Å². The number of nitrogens with one attached hydrogen (secondary N) is 1. The molecule has 0 aliphatic carbocycles. The Morgan fingerprint density at radius 3 is 2.64 bits per heavy atom. The highest BCUT2D eigenvalue weighted by Crippen LogP contribution is 2.44. The summed E-state index contributed by atoms with van der Waals surface area (Å²) in [6, 6.07) is 22.1. The Hall–Kier alpha value is -3.69. The number of carbonyl (C=O) groups excluding carboxylic acids is 1. The molecule has 1 atom stereocenters. The van der Waals surface area contributed by atoms with E-state index in [0.717, 1.165) is 43.5 Å². The number of fused-ring (bicyclic) bond motifs is 2. The topological polar surface area (TPSA) is 69.0 Å². The smallest absolute Gasteiger partial charge is 0.235 e. The summed E-state index contributed by atoms with van der Waals surface area (Å²) in [5.74, 6) is 1.39. The third-order valence-corrected chi connectivity index (χ3v) is 8.26. The van der Waals surface area contributed by atoms with Crippen LogP contribution in [0.15, 0.2) is 72.8 Å². The predicted molar refractivity (Wildman–Crippen MR) is 142 cm³/mol. The first kappa shape index (κ1) is 22.8. The molecular formula is C27H21FN4O2S2. The number of carbonyl (C=O) groups is 1. The monoisotopic (exact) mass is 516 g/mol. The molecule has 0 radical (unpaired) electrons. The van der Waals surface area contributed by atoms with Crippen molar-refractivity contribution in [3.63, 3.8) is 0 Å². The molecule has 1 N–H and O–H groups in total. The molecule has 1 aliphatic rings. The molecule has 5 aromatic rings. The van der Waals surface area contributed by atoms with Gasteiger partial charge in [-0.2, -0.15) is 9.78 Å². The van der Waals surface area contributed by atoms with Gasteiger partial charge in [0.1, 0.15) is 24.0 Å². The van der Waals surface area contributed by atoms with Crippen LogP contribution < -0.4 is 10.1 Å². The molecule has 6 nitrogen and oxygen atoms in total. The van der Waals surface area contributed by atoms with Gasteiger partial charge in [-0.3, -0.25) is 4.79 Å². The lowest BCUT2D eigenvalue weighted by Crippen LogP contribution is -2.15. The maximum atomic E-state index is 13.1. The van der Waals surface area contributed by atoms with Gasteiger partial charge in [-0.15, -0.1) is 11.8 Å². The first-order chi connectivity index (χ1) is 17.5. The van der Waals surface area contributed by atoms with Gasteiger partial charge < -0.3 is 10.1 Å². The average molecular weight is 517 g/mol. The zero-order valence-corrected chi connectivity index (χ0v) is 20.9. The van der Waals surface area contributed by atoms with E-state index in [1.54, 1.807) is 39.9 Å². The average Bonchev–Trinajstić information content (AvgIpc) is 3.40. The largest absolute Gasteiger partial charge is 0.489 e. The number of hydrogen-bond acceptors (Lipinski definition) is 6. The van der Waals surface area contributed by atoms with Crippen molar-refractivity contribution < 1.29 is 13.9 Å². The number of para-hydroxylation sites is 1. The zero-order chi connectivity index (χ0) is 24.6. The van der Waals surface area contributed by atoms with Crippen LogP contribution in [0.4, 0.5) is 10.2 Å². The number of rotatable bonds is 5. The molecule has 6 rings (SSSR count). The number of thiazole rings is 1. The van der Waals surface area contributed by atoms with Gasteiger partial charge in [-0.1, -0.05) is 47.7 Å². The normalized spacial score (nSPS) is 15.4. The van der Waals surface area contributed by atoms with Crippen LogP contribution in [0.1, 0.15) is 27.6 Å². The Labute approximate surface area is 215 Å². The molecule has 0 saturated carbocycles. The van der Waals surface area contributed by atoms with Crippen LogP contribution >= 0.6 is 23.1 Å². The standard InChI is InChI=1S/C27H21FN4O2S2/c1-16-24-25(18-8-12-20(13-9-18)34-14-17-6-10-19(28)11-7-17)35-15-23(33)30-26(24)32(31-16)27-29-21-4-2-3-5-22(21)36-27/h2-13,25H,14-15H2,1H3,(H,30,33)/t25-/m0/s1. The molecule has 0 fully saturated rings.